The van der Waals surface area contributed by atoms with Crippen molar-refractivity contribution in [2.75, 3.05) is 6.54 Å². The van der Waals surface area contributed by atoms with E-state index in [9.17, 15) is 9.59 Å². The minimum absolute atomic E-state index is 0.258. The van der Waals surface area contributed by atoms with Gasteiger partial charge in [-0.1, -0.05) is 212 Å². The van der Waals surface area contributed by atoms with E-state index in [-0.39, 0.29) is 5.91 Å². The Morgan fingerprint density at radius 3 is 0.795 bits per heavy atom. The first kappa shape index (κ1) is 42.8. The first-order chi connectivity index (χ1) is 21.8. The number of nitrogens with one attached hydrogen (secondary N) is 1. The zero-order valence-corrected chi connectivity index (χ0v) is 29.4. The molecule has 0 bridgehead atoms. The van der Waals surface area contributed by atoms with Crippen LogP contribution in [0.25, 0.3) is 0 Å². The fraction of sp³-hybridized carbons (Fsp3) is 0.949. The monoisotopic (exact) mass is 621 g/mol. The van der Waals surface area contributed by atoms with Crippen LogP contribution in [0.2, 0.25) is 0 Å². The van der Waals surface area contributed by atoms with Crippen molar-refractivity contribution in [3.63, 3.8) is 0 Å². The van der Waals surface area contributed by atoms with Crippen LogP contribution in [-0.2, 0) is 9.59 Å². The lowest BCUT2D eigenvalue weighted by Crippen LogP contribution is -2.17. The average Bonchev–Trinajstić information content (AvgIpc) is 3.04. The van der Waals surface area contributed by atoms with Crippen molar-refractivity contribution in [3.05, 3.63) is 0 Å². The van der Waals surface area contributed by atoms with Crippen molar-refractivity contribution < 1.29 is 14.8 Å². The Kier molecular flexibility index (Phi) is 38.8. The summed E-state index contributed by atoms with van der Waals surface area (Å²) in [6, 6.07) is 0. The van der Waals surface area contributed by atoms with Crippen LogP contribution in [-0.4, -0.2) is 23.7 Å². The Hall–Kier alpha value is -1.19. The van der Waals surface area contributed by atoms with Crippen molar-refractivity contribution in [2.24, 2.45) is 4.99 Å². The second kappa shape index (κ2) is 39.8. The number of rotatable bonds is 38. The van der Waals surface area contributed by atoms with Crippen LogP contribution in [0.5, 0.6) is 0 Å². The molecule has 44 heavy (non-hydrogen) atoms. The van der Waals surface area contributed by atoms with E-state index in [1.165, 1.54) is 205 Å². The molecule has 0 aliphatic rings. The topological polar surface area (TPSA) is 78.8 Å². The number of nitrogens with zero attached hydrogens (tertiary/aromatic N) is 1. The summed E-state index contributed by atoms with van der Waals surface area (Å²) in [4.78, 5) is 24.5. The fourth-order valence-corrected chi connectivity index (χ4v) is 6.41. The molecule has 5 nitrogen and oxygen atoms in total. The zero-order valence-electron chi connectivity index (χ0n) is 29.4. The molecule has 0 aliphatic heterocycles. The number of unbranched alkanes of at least 4 members (excludes halogenated alkanes) is 34. The number of hydrogen-bond acceptors (Lipinski definition) is 4. The molecule has 0 aromatic rings. The normalized spacial score (nSPS) is 11.1. The van der Waals surface area contributed by atoms with E-state index in [1.807, 2.05) is 0 Å². The summed E-state index contributed by atoms with van der Waals surface area (Å²) in [5, 5.41) is 8.46. The predicted octanol–water partition coefficient (Wildman–Crippen LogP) is 12.9. The van der Waals surface area contributed by atoms with Gasteiger partial charge < -0.3 is 0 Å². The van der Waals surface area contributed by atoms with Crippen molar-refractivity contribution >= 4 is 12.0 Å². The molecule has 0 saturated carbocycles. The summed E-state index contributed by atoms with van der Waals surface area (Å²) in [5.74, 6) is -0.258. The third-order valence-electron chi connectivity index (χ3n) is 9.36. The van der Waals surface area contributed by atoms with Crippen LogP contribution in [0, 0.1) is 0 Å². The second-order valence-electron chi connectivity index (χ2n) is 13.6. The highest BCUT2D eigenvalue weighted by Gasteiger charge is 1.99. The predicted molar refractivity (Wildman–Crippen MR) is 189 cm³/mol. The van der Waals surface area contributed by atoms with E-state index in [0.29, 0.717) is 13.0 Å². The van der Waals surface area contributed by atoms with E-state index in [2.05, 4.69) is 4.99 Å². The van der Waals surface area contributed by atoms with E-state index >= 15 is 0 Å². The van der Waals surface area contributed by atoms with Crippen molar-refractivity contribution in [1.82, 2.24) is 5.48 Å². The standard InChI is InChI=1S/C39H76N2O3/c42-38-40-37-35-33-31-29-27-25-23-21-19-17-15-13-11-9-7-5-3-1-2-4-6-8-10-12-14-16-18-20-22-24-26-28-30-32-34-36-39(43)41-44/h44H,1-37H2,(H,41,43). The highest BCUT2D eigenvalue weighted by molar-refractivity contribution is 5.74. The van der Waals surface area contributed by atoms with Crippen LogP contribution in [0.1, 0.15) is 231 Å². The average molecular weight is 621 g/mol. The molecule has 5 heteroatoms. The first-order valence-electron chi connectivity index (χ1n) is 19.8. The van der Waals surface area contributed by atoms with Gasteiger partial charge in [0.05, 0.1) is 6.54 Å². The van der Waals surface area contributed by atoms with E-state index < -0.39 is 0 Å². The lowest BCUT2D eigenvalue weighted by atomic mass is 10.0. The van der Waals surface area contributed by atoms with Gasteiger partial charge in [-0.25, -0.2) is 15.3 Å². The minimum Gasteiger partial charge on any atom is -0.289 e. The number of carbonyl (C=O) groups is 1. The van der Waals surface area contributed by atoms with Gasteiger partial charge in [0.2, 0.25) is 12.0 Å². The third-order valence-corrected chi connectivity index (χ3v) is 9.36. The highest BCUT2D eigenvalue weighted by Crippen LogP contribution is 2.17. The number of carbonyl (C=O) groups excluding carboxylic acids is 2. The largest absolute Gasteiger partial charge is 0.289 e. The molecule has 1 amide bonds. The Morgan fingerprint density at radius 2 is 0.591 bits per heavy atom. The van der Waals surface area contributed by atoms with Gasteiger partial charge in [0.1, 0.15) is 0 Å². The van der Waals surface area contributed by atoms with E-state index in [4.69, 9.17) is 5.21 Å². The fourth-order valence-electron chi connectivity index (χ4n) is 6.41. The van der Waals surface area contributed by atoms with Gasteiger partial charge in [0.25, 0.3) is 0 Å². The van der Waals surface area contributed by atoms with Crippen molar-refractivity contribution in [1.29, 1.82) is 0 Å². The Labute approximate surface area is 274 Å². The summed E-state index contributed by atoms with van der Waals surface area (Å²) in [7, 11) is 0. The number of hydroxylamine groups is 1. The third kappa shape index (κ3) is 38.8. The molecule has 2 N–H and O–H groups in total. The van der Waals surface area contributed by atoms with Crippen LogP contribution >= 0.6 is 0 Å². The Morgan fingerprint density at radius 1 is 0.386 bits per heavy atom. The molecule has 0 radical (unpaired) electrons. The summed E-state index contributed by atoms with van der Waals surface area (Å²) in [6.07, 6.45) is 50.1. The van der Waals surface area contributed by atoms with Gasteiger partial charge >= 0.3 is 0 Å². The van der Waals surface area contributed by atoms with Gasteiger partial charge in [-0.05, 0) is 12.8 Å². The molecule has 260 valence electrons. The molecule has 0 spiro atoms. The highest BCUT2D eigenvalue weighted by atomic mass is 16.5. The first-order valence-corrected chi connectivity index (χ1v) is 19.8. The Balaban J connectivity index is 3.05. The quantitative estimate of drug-likeness (QED) is 0.0237. The smallest absolute Gasteiger partial charge is 0.243 e. The summed E-state index contributed by atoms with van der Waals surface area (Å²) in [5.41, 5.74) is 1.70. The molecule has 0 atom stereocenters. The molecule has 0 rings (SSSR count). The lowest BCUT2D eigenvalue weighted by molar-refractivity contribution is -0.129. The summed E-state index contributed by atoms with van der Waals surface area (Å²) < 4.78 is 0. The van der Waals surface area contributed by atoms with Crippen LogP contribution in [0.3, 0.4) is 0 Å². The molecular weight excluding hydrogens is 544 g/mol. The SMILES string of the molecule is O=C=NCCCCCCCCCCCCCCCCCCCCCCCCCCCCCCCCCCCCCC(=O)NO. The molecule has 0 aromatic heterocycles. The van der Waals surface area contributed by atoms with Crippen LogP contribution in [0.15, 0.2) is 4.99 Å². The van der Waals surface area contributed by atoms with Gasteiger partial charge in [-0.3, -0.25) is 10.0 Å². The maximum absolute atomic E-state index is 10.9. The summed E-state index contributed by atoms with van der Waals surface area (Å²) in [6.45, 7) is 0.663. The molecule has 0 unspecified atom stereocenters. The minimum atomic E-state index is -0.258. The van der Waals surface area contributed by atoms with Crippen LogP contribution in [0.4, 0.5) is 0 Å². The Bertz CT molecular complexity index is 606. The molecule has 0 fully saturated rings. The summed E-state index contributed by atoms with van der Waals surface area (Å²) >= 11 is 0. The molecule has 0 aliphatic carbocycles. The van der Waals surface area contributed by atoms with Crippen molar-refractivity contribution in [3.8, 4) is 0 Å². The van der Waals surface area contributed by atoms with Gasteiger partial charge in [-0.2, -0.15) is 0 Å². The van der Waals surface area contributed by atoms with E-state index in [1.54, 1.807) is 11.6 Å². The molecule has 0 aromatic carbocycles. The number of amides is 1. The maximum atomic E-state index is 10.9. The van der Waals surface area contributed by atoms with Gasteiger partial charge in [0.15, 0.2) is 0 Å². The molecule has 0 saturated heterocycles. The molecule has 0 heterocycles. The maximum Gasteiger partial charge on any atom is 0.243 e. The number of hydrogen-bond donors (Lipinski definition) is 2. The number of isocyanates is 1. The second-order valence-corrected chi connectivity index (χ2v) is 13.6. The van der Waals surface area contributed by atoms with E-state index in [0.717, 1.165) is 19.3 Å². The lowest BCUT2D eigenvalue weighted by Gasteiger charge is -2.05. The zero-order chi connectivity index (χ0) is 31.9. The number of aliphatic imine (C=N–C) groups is 1. The van der Waals surface area contributed by atoms with Gasteiger partial charge in [0, 0.05) is 6.42 Å². The van der Waals surface area contributed by atoms with Gasteiger partial charge in [-0.15, -0.1) is 0 Å². The van der Waals surface area contributed by atoms with Crippen molar-refractivity contribution in [2.45, 2.75) is 231 Å². The van der Waals surface area contributed by atoms with Crippen LogP contribution < -0.4 is 5.48 Å². The molecular formula is C39H76N2O3.